The van der Waals surface area contributed by atoms with Gasteiger partial charge in [-0.05, 0) is 26.4 Å². The van der Waals surface area contributed by atoms with E-state index in [1.54, 1.807) is 5.57 Å². The maximum absolute atomic E-state index is 2.26. The van der Waals surface area contributed by atoms with Gasteiger partial charge in [0.1, 0.15) is 0 Å². The van der Waals surface area contributed by atoms with Crippen molar-refractivity contribution in [2.45, 2.75) is 13.3 Å². The van der Waals surface area contributed by atoms with E-state index in [0.29, 0.717) is 0 Å². The molecule has 0 fully saturated rings. The number of likely N-dealkylation sites (N-methyl/N-ethyl adjacent to an activating group) is 1. The van der Waals surface area contributed by atoms with E-state index in [2.05, 4.69) is 44.1 Å². The first kappa shape index (κ1) is 8.54. The van der Waals surface area contributed by atoms with Crippen LogP contribution in [0.15, 0.2) is 23.8 Å². The minimum absolute atomic E-state index is 0.731. The second-order valence-corrected chi connectivity index (χ2v) is 3.63. The summed E-state index contributed by atoms with van der Waals surface area (Å²) in [5.74, 6) is 0.731. The molecule has 11 heavy (non-hydrogen) atoms. The fraction of sp³-hybridized carbons (Fsp3) is 0.600. The quantitative estimate of drug-likeness (QED) is 0.584. The van der Waals surface area contributed by atoms with Crippen molar-refractivity contribution in [3.8, 4) is 0 Å². The van der Waals surface area contributed by atoms with Crippen LogP contribution in [0.5, 0.6) is 0 Å². The van der Waals surface area contributed by atoms with Crippen molar-refractivity contribution in [1.82, 2.24) is 4.90 Å². The summed E-state index contributed by atoms with van der Waals surface area (Å²) in [7, 11) is 4.23. The standard InChI is InChI=1S/C10H17N/c1-9-5-4-6-10(7-9)8-11(2)3/h4-6,9H,7-8H2,1-3H3. The Balaban J connectivity index is 2.46. The van der Waals surface area contributed by atoms with Gasteiger partial charge in [0.15, 0.2) is 0 Å². The van der Waals surface area contributed by atoms with E-state index in [1.165, 1.54) is 6.42 Å². The Morgan fingerprint density at radius 1 is 1.55 bits per heavy atom. The molecular formula is C10H17N. The summed E-state index contributed by atoms with van der Waals surface area (Å²) in [6.45, 7) is 3.37. The second-order valence-electron chi connectivity index (χ2n) is 3.63. The molecule has 0 amide bonds. The zero-order valence-electron chi connectivity index (χ0n) is 7.67. The highest BCUT2D eigenvalue weighted by molar-refractivity contribution is 5.20. The van der Waals surface area contributed by atoms with Crippen LogP contribution in [0.2, 0.25) is 0 Å². The lowest BCUT2D eigenvalue weighted by Crippen LogP contribution is -2.16. The molecule has 0 aromatic rings. The Hall–Kier alpha value is -0.560. The van der Waals surface area contributed by atoms with E-state index in [9.17, 15) is 0 Å². The van der Waals surface area contributed by atoms with Crippen LogP contribution in [0.3, 0.4) is 0 Å². The van der Waals surface area contributed by atoms with Gasteiger partial charge < -0.3 is 4.90 Å². The van der Waals surface area contributed by atoms with Gasteiger partial charge in [-0.1, -0.05) is 30.7 Å². The van der Waals surface area contributed by atoms with Gasteiger partial charge in [-0.15, -0.1) is 0 Å². The lowest BCUT2D eigenvalue weighted by Gasteiger charge is -2.17. The lowest BCUT2D eigenvalue weighted by atomic mass is 9.96. The van der Waals surface area contributed by atoms with E-state index in [4.69, 9.17) is 0 Å². The third kappa shape index (κ3) is 2.89. The van der Waals surface area contributed by atoms with E-state index in [1.807, 2.05) is 0 Å². The monoisotopic (exact) mass is 151 g/mol. The Morgan fingerprint density at radius 3 is 2.82 bits per heavy atom. The van der Waals surface area contributed by atoms with Crippen molar-refractivity contribution < 1.29 is 0 Å². The first-order valence-corrected chi connectivity index (χ1v) is 4.19. The molecule has 1 aliphatic carbocycles. The first-order valence-electron chi connectivity index (χ1n) is 4.19. The second kappa shape index (κ2) is 3.72. The summed E-state index contributed by atoms with van der Waals surface area (Å²) >= 11 is 0. The van der Waals surface area contributed by atoms with Crippen LogP contribution in [-0.2, 0) is 0 Å². The highest BCUT2D eigenvalue weighted by Gasteiger charge is 2.06. The van der Waals surface area contributed by atoms with Gasteiger partial charge in [-0.2, -0.15) is 0 Å². The van der Waals surface area contributed by atoms with Gasteiger partial charge in [0.05, 0.1) is 0 Å². The van der Waals surface area contributed by atoms with Gasteiger partial charge in [0.25, 0.3) is 0 Å². The summed E-state index contributed by atoms with van der Waals surface area (Å²) in [5, 5.41) is 0. The van der Waals surface area contributed by atoms with Crippen LogP contribution in [0.25, 0.3) is 0 Å². The highest BCUT2D eigenvalue weighted by atomic mass is 15.0. The largest absolute Gasteiger partial charge is 0.305 e. The predicted octanol–water partition coefficient (Wildman–Crippen LogP) is 2.07. The normalized spacial score (nSPS) is 24.0. The smallest absolute Gasteiger partial charge is 0.0190 e. The molecule has 0 saturated carbocycles. The Morgan fingerprint density at radius 2 is 2.27 bits per heavy atom. The molecule has 0 bridgehead atoms. The number of rotatable bonds is 2. The molecule has 0 saturated heterocycles. The topological polar surface area (TPSA) is 3.24 Å². The fourth-order valence-corrected chi connectivity index (χ4v) is 1.45. The summed E-state index contributed by atoms with van der Waals surface area (Å²) in [6.07, 6.45) is 7.90. The van der Waals surface area contributed by atoms with Crippen LogP contribution in [0.4, 0.5) is 0 Å². The number of hydrogen-bond acceptors (Lipinski definition) is 1. The van der Waals surface area contributed by atoms with E-state index >= 15 is 0 Å². The van der Waals surface area contributed by atoms with Crippen LogP contribution in [-0.4, -0.2) is 25.5 Å². The molecule has 0 aromatic carbocycles. The van der Waals surface area contributed by atoms with Gasteiger partial charge in [-0.3, -0.25) is 0 Å². The highest BCUT2D eigenvalue weighted by Crippen LogP contribution is 2.17. The van der Waals surface area contributed by atoms with E-state index in [-0.39, 0.29) is 0 Å². The minimum Gasteiger partial charge on any atom is -0.305 e. The molecule has 62 valence electrons. The third-order valence-corrected chi connectivity index (χ3v) is 1.88. The number of allylic oxidation sites excluding steroid dienone is 3. The van der Waals surface area contributed by atoms with Gasteiger partial charge in [0, 0.05) is 6.54 Å². The van der Waals surface area contributed by atoms with Crippen LogP contribution in [0.1, 0.15) is 13.3 Å². The van der Waals surface area contributed by atoms with Gasteiger partial charge in [0.2, 0.25) is 0 Å². The van der Waals surface area contributed by atoms with Gasteiger partial charge >= 0.3 is 0 Å². The van der Waals surface area contributed by atoms with Gasteiger partial charge in [-0.25, -0.2) is 0 Å². The number of hydrogen-bond donors (Lipinski definition) is 0. The van der Waals surface area contributed by atoms with Crippen molar-refractivity contribution >= 4 is 0 Å². The predicted molar refractivity (Wildman–Crippen MR) is 49.6 cm³/mol. The molecular weight excluding hydrogens is 134 g/mol. The van der Waals surface area contributed by atoms with E-state index in [0.717, 1.165) is 12.5 Å². The fourth-order valence-electron chi connectivity index (χ4n) is 1.45. The molecule has 0 aliphatic heterocycles. The van der Waals surface area contributed by atoms with Crippen LogP contribution >= 0.6 is 0 Å². The third-order valence-electron chi connectivity index (χ3n) is 1.88. The lowest BCUT2D eigenvalue weighted by molar-refractivity contribution is 0.433. The molecule has 1 rings (SSSR count). The van der Waals surface area contributed by atoms with E-state index < -0.39 is 0 Å². The molecule has 0 N–H and O–H groups in total. The molecule has 0 aromatic heterocycles. The maximum atomic E-state index is 2.26. The van der Waals surface area contributed by atoms with Crippen LogP contribution in [0, 0.1) is 5.92 Å². The SMILES string of the molecule is CC1C=CC=C(CN(C)C)C1. The van der Waals surface area contributed by atoms with Crippen molar-refractivity contribution in [3.63, 3.8) is 0 Å². The van der Waals surface area contributed by atoms with Crippen molar-refractivity contribution in [1.29, 1.82) is 0 Å². The molecule has 0 heterocycles. The van der Waals surface area contributed by atoms with Crippen molar-refractivity contribution in [2.24, 2.45) is 5.92 Å². The summed E-state index contributed by atoms with van der Waals surface area (Å²) < 4.78 is 0. The Bertz CT molecular complexity index is 177. The first-order chi connectivity index (χ1) is 5.18. The average Bonchev–Trinajstić information content (AvgIpc) is 1.85. The molecule has 1 heteroatoms. The minimum atomic E-state index is 0.731. The molecule has 1 aliphatic rings. The van der Waals surface area contributed by atoms with Crippen LogP contribution < -0.4 is 0 Å². The number of nitrogens with zero attached hydrogens (tertiary/aromatic N) is 1. The maximum Gasteiger partial charge on any atom is 0.0190 e. The summed E-state index contributed by atoms with van der Waals surface area (Å²) in [6, 6.07) is 0. The van der Waals surface area contributed by atoms with Crippen molar-refractivity contribution in [2.75, 3.05) is 20.6 Å². The molecule has 1 unspecified atom stereocenters. The Kier molecular flexibility index (Phi) is 2.89. The zero-order chi connectivity index (χ0) is 8.27. The Labute approximate surface area is 69.4 Å². The molecule has 1 nitrogen and oxygen atoms in total. The average molecular weight is 151 g/mol. The summed E-state index contributed by atoms with van der Waals surface area (Å²) in [4.78, 5) is 2.22. The van der Waals surface area contributed by atoms with Crippen molar-refractivity contribution in [3.05, 3.63) is 23.8 Å². The molecule has 1 atom stereocenters. The molecule has 0 spiro atoms. The molecule has 0 radical (unpaired) electrons. The zero-order valence-corrected chi connectivity index (χ0v) is 7.67. The summed E-state index contributed by atoms with van der Waals surface area (Å²) in [5.41, 5.74) is 1.55.